The van der Waals surface area contributed by atoms with E-state index in [-0.39, 0.29) is 6.17 Å². The predicted octanol–water partition coefficient (Wildman–Crippen LogP) is 2.01. The highest BCUT2D eigenvalue weighted by Crippen LogP contribution is 2.45. The fourth-order valence-corrected chi connectivity index (χ4v) is 6.16. The predicted molar refractivity (Wildman–Crippen MR) is 98.0 cm³/mol. The maximum absolute atomic E-state index is 6.59. The van der Waals surface area contributed by atoms with Gasteiger partial charge in [0, 0.05) is 23.9 Å². The van der Waals surface area contributed by atoms with Gasteiger partial charge in [-0.15, -0.1) is 11.6 Å². The summed E-state index contributed by atoms with van der Waals surface area (Å²) in [4.78, 5) is 2.77. The minimum absolute atomic E-state index is 0.0245. The van der Waals surface area contributed by atoms with Crippen molar-refractivity contribution < 1.29 is 0 Å². The molecule has 4 rings (SSSR count). The third-order valence-electron chi connectivity index (χ3n) is 7.25. The molecule has 2 heterocycles. The Morgan fingerprint density at radius 2 is 1.67 bits per heavy atom. The molecule has 2 saturated heterocycles. The standard InChI is InChI=1S/C18H34ClN5/c19-13-8-6-12(7-9-13)15-10-23(14-4-2-1-3-5-14)18-16(15)17(20)24(21)11-22-18/h12-18,22H,1-11,20-21H2. The van der Waals surface area contributed by atoms with Crippen LogP contribution in [0.3, 0.4) is 0 Å². The molecule has 0 aromatic heterocycles. The fourth-order valence-electron chi connectivity index (χ4n) is 5.91. The van der Waals surface area contributed by atoms with Gasteiger partial charge >= 0.3 is 0 Å². The van der Waals surface area contributed by atoms with Crippen LogP contribution in [0.25, 0.3) is 0 Å². The second kappa shape index (κ2) is 7.37. The van der Waals surface area contributed by atoms with Crippen molar-refractivity contribution in [3.8, 4) is 0 Å². The maximum Gasteiger partial charge on any atom is 0.0779 e. The number of hydrogen-bond acceptors (Lipinski definition) is 5. The van der Waals surface area contributed by atoms with Crippen LogP contribution in [-0.2, 0) is 0 Å². The van der Waals surface area contributed by atoms with Gasteiger partial charge in [0.1, 0.15) is 0 Å². The monoisotopic (exact) mass is 355 g/mol. The third kappa shape index (κ3) is 3.24. The van der Waals surface area contributed by atoms with Gasteiger partial charge in [0.25, 0.3) is 0 Å². The van der Waals surface area contributed by atoms with E-state index in [9.17, 15) is 0 Å². The molecule has 0 spiro atoms. The highest BCUT2D eigenvalue weighted by Gasteiger charge is 2.52. The Hall–Kier alpha value is 0.0900. The summed E-state index contributed by atoms with van der Waals surface area (Å²) < 4.78 is 0. The van der Waals surface area contributed by atoms with Crippen molar-refractivity contribution in [2.45, 2.75) is 81.5 Å². The van der Waals surface area contributed by atoms with E-state index in [1.165, 1.54) is 64.3 Å². The summed E-state index contributed by atoms with van der Waals surface area (Å²) in [7, 11) is 0. The molecular weight excluding hydrogens is 322 g/mol. The van der Waals surface area contributed by atoms with E-state index in [0.29, 0.717) is 30.0 Å². The molecule has 2 saturated carbocycles. The number of nitrogens with two attached hydrogens (primary N) is 2. The van der Waals surface area contributed by atoms with Gasteiger partial charge in [0.05, 0.1) is 19.0 Å². The molecular formula is C18H34ClN5. The molecule has 0 bridgehead atoms. The van der Waals surface area contributed by atoms with E-state index < -0.39 is 0 Å². The first-order valence-electron chi connectivity index (χ1n) is 10.1. The van der Waals surface area contributed by atoms with Crippen LogP contribution >= 0.6 is 11.6 Å². The molecule has 4 atom stereocenters. The Morgan fingerprint density at radius 3 is 2.38 bits per heavy atom. The molecule has 6 heteroatoms. The van der Waals surface area contributed by atoms with Gasteiger partial charge in [0.2, 0.25) is 0 Å². The van der Waals surface area contributed by atoms with Crippen LogP contribution in [0.5, 0.6) is 0 Å². The summed E-state index contributed by atoms with van der Waals surface area (Å²) in [6.45, 7) is 1.90. The first-order chi connectivity index (χ1) is 11.6. The zero-order valence-corrected chi connectivity index (χ0v) is 15.5. The first kappa shape index (κ1) is 17.5. The minimum atomic E-state index is -0.0245. The largest absolute Gasteiger partial charge is 0.314 e. The highest BCUT2D eigenvalue weighted by atomic mass is 35.5. The van der Waals surface area contributed by atoms with Crippen molar-refractivity contribution >= 4 is 11.6 Å². The number of halogens is 1. The summed E-state index contributed by atoms with van der Waals surface area (Å²) in [5, 5.41) is 5.90. The number of hydrogen-bond donors (Lipinski definition) is 3. The van der Waals surface area contributed by atoms with Gasteiger partial charge in [0.15, 0.2) is 0 Å². The summed E-state index contributed by atoms with van der Waals surface area (Å²) in [6.07, 6.45) is 12.1. The van der Waals surface area contributed by atoms with Gasteiger partial charge in [-0.05, 0) is 50.4 Å². The summed E-state index contributed by atoms with van der Waals surface area (Å²) >= 11 is 6.35. The number of nitrogens with zero attached hydrogens (tertiary/aromatic N) is 2. The molecule has 138 valence electrons. The summed E-state index contributed by atoms with van der Waals surface area (Å²) in [5.41, 5.74) is 6.59. The van der Waals surface area contributed by atoms with Gasteiger partial charge in [-0.25, -0.2) is 5.01 Å². The van der Waals surface area contributed by atoms with E-state index in [2.05, 4.69) is 10.2 Å². The lowest BCUT2D eigenvalue weighted by atomic mass is 9.73. The zero-order chi connectivity index (χ0) is 16.7. The molecule has 5 nitrogen and oxygen atoms in total. The molecule has 0 radical (unpaired) electrons. The molecule has 2 aliphatic heterocycles. The normalized spacial score (nSPS) is 46.1. The second-order valence-corrected chi connectivity index (χ2v) is 9.17. The average molecular weight is 356 g/mol. The van der Waals surface area contributed by atoms with Crippen molar-refractivity contribution in [3.05, 3.63) is 0 Å². The molecule has 4 aliphatic rings. The topological polar surface area (TPSA) is 70.5 Å². The minimum Gasteiger partial charge on any atom is -0.314 e. The Labute approximate surface area is 151 Å². The average Bonchev–Trinajstić information content (AvgIpc) is 3.00. The number of hydrazine groups is 1. The van der Waals surface area contributed by atoms with Crippen LogP contribution in [0.15, 0.2) is 0 Å². The highest BCUT2D eigenvalue weighted by molar-refractivity contribution is 6.20. The number of likely N-dealkylation sites (tertiary alicyclic amines) is 1. The Kier molecular flexibility index (Phi) is 5.38. The maximum atomic E-state index is 6.59. The Morgan fingerprint density at radius 1 is 0.958 bits per heavy atom. The van der Waals surface area contributed by atoms with Crippen molar-refractivity contribution in [2.24, 2.45) is 29.3 Å². The molecule has 0 aromatic rings. The third-order valence-corrected chi connectivity index (χ3v) is 7.69. The molecule has 0 aromatic carbocycles. The summed E-state index contributed by atoms with van der Waals surface area (Å²) in [6, 6.07) is 0.740. The van der Waals surface area contributed by atoms with Gasteiger partial charge in [-0.3, -0.25) is 16.1 Å². The molecule has 5 N–H and O–H groups in total. The quantitative estimate of drug-likeness (QED) is 0.522. The van der Waals surface area contributed by atoms with E-state index in [1.54, 1.807) is 0 Å². The Bertz CT molecular complexity index is 422. The lowest BCUT2D eigenvalue weighted by Gasteiger charge is -2.45. The van der Waals surface area contributed by atoms with Crippen molar-refractivity contribution in [1.82, 2.24) is 15.2 Å². The fraction of sp³-hybridized carbons (Fsp3) is 1.00. The first-order valence-corrected chi connectivity index (χ1v) is 10.5. The van der Waals surface area contributed by atoms with Crippen LogP contribution in [0.4, 0.5) is 0 Å². The molecule has 4 unspecified atom stereocenters. The molecule has 24 heavy (non-hydrogen) atoms. The van der Waals surface area contributed by atoms with Gasteiger partial charge in [-0.2, -0.15) is 0 Å². The van der Waals surface area contributed by atoms with Gasteiger partial charge < -0.3 is 5.73 Å². The van der Waals surface area contributed by atoms with Crippen molar-refractivity contribution in [2.75, 3.05) is 13.2 Å². The molecule has 0 amide bonds. The number of alkyl halides is 1. The van der Waals surface area contributed by atoms with E-state index in [1.807, 2.05) is 5.01 Å². The van der Waals surface area contributed by atoms with Crippen molar-refractivity contribution in [1.29, 1.82) is 0 Å². The number of nitrogens with one attached hydrogen (secondary N) is 1. The molecule has 2 aliphatic carbocycles. The van der Waals surface area contributed by atoms with Crippen molar-refractivity contribution in [3.63, 3.8) is 0 Å². The van der Waals surface area contributed by atoms with Crippen LogP contribution in [0, 0.1) is 17.8 Å². The van der Waals surface area contributed by atoms with Crippen LogP contribution < -0.4 is 16.9 Å². The van der Waals surface area contributed by atoms with Crippen LogP contribution in [-0.4, -0.2) is 46.9 Å². The van der Waals surface area contributed by atoms with Crippen LogP contribution in [0.2, 0.25) is 0 Å². The SMILES string of the molecule is NC1C2C(C3CCC(Cl)CC3)CN(C3CCCCC3)C2NCN1N. The lowest BCUT2D eigenvalue weighted by molar-refractivity contribution is -0.00146. The van der Waals surface area contributed by atoms with Crippen LogP contribution in [0.1, 0.15) is 57.8 Å². The Balaban J connectivity index is 1.53. The number of rotatable bonds is 2. The summed E-state index contributed by atoms with van der Waals surface area (Å²) in [5.74, 6) is 8.05. The lowest BCUT2D eigenvalue weighted by Crippen LogP contribution is -2.67. The zero-order valence-electron chi connectivity index (χ0n) is 14.7. The molecule has 4 fully saturated rings. The number of fused-ring (bicyclic) bond motifs is 1. The van der Waals surface area contributed by atoms with Gasteiger partial charge in [-0.1, -0.05) is 19.3 Å². The van der Waals surface area contributed by atoms with E-state index in [4.69, 9.17) is 23.2 Å². The second-order valence-electron chi connectivity index (χ2n) is 8.55. The van der Waals surface area contributed by atoms with E-state index in [0.717, 1.165) is 12.0 Å². The smallest absolute Gasteiger partial charge is 0.0779 e. The van der Waals surface area contributed by atoms with E-state index >= 15 is 0 Å².